The van der Waals surface area contributed by atoms with E-state index in [2.05, 4.69) is 39.2 Å². The van der Waals surface area contributed by atoms with Gasteiger partial charge in [0.05, 0.1) is 13.2 Å². The van der Waals surface area contributed by atoms with E-state index in [4.69, 9.17) is 4.74 Å². The number of hydrogen-bond acceptors (Lipinski definition) is 6. The first kappa shape index (κ1) is 25.4. The van der Waals surface area contributed by atoms with Gasteiger partial charge in [-0.2, -0.15) is 5.10 Å². The Bertz CT molecular complexity index is 1230. The summed E-state index contributed by atoms with van der Waals surface area (Å²) in [6.45, 7) is 0.0845. The van der Waals surface area contributed by atoms with Gasteiger partial charge in [-0.3, -0.25) is 9.59 Å². The van der Waals surface area contributed by atoms with Crippen molar-refractivity contribution in [2.75, 3.05) is 31.6 Å². The number of aliphatic carboxylic acids is 1. The molecule has 9 nitrogen and oxygen atoms in total. The average molecular weight is 500 g/mol. The predicted octanol–water partition coefficient (Wildman–Crippen LogP) is 3.50. The number of carbonyl (C=O) groups is 2. The molecule has 0 radical (unpaired) electrons. The molecule has 37 heavy (non-hydrogen) atoms. The van der Waals surface area contributed by atoms with Crippen molar-refractivity contribution in [2.24, 2.45) is 0 Å². The monoisotopic (exact) mass is 499 g/mol. The number of methoxy groups -OCH3 is 1. The summed E-state index contributed by atoms with van der Waals surface area (Å²) in [6, 6.07) is 27.7. The van der Waals surface area contributed by atoms with Crippen LogP contribution in [0.4, 0.5) is 5.69 Å². The molecule has 1 N–H and O–H groups in total. The Hall–Kier alpha value is -4.66. The quantitative estimate of drug-likeness (QED) is 0.318. The van der Waals surface area contributed by atoms with Crippen LogP contribution < -0.4 is 9.64 Å². The molecular formula is C28H29N5O4. The first-order valence-electron chi connectivity index (χ1n) is 11.9. The maximum atomic E-state index is 13.0. The molecule has 0 bridgehead atoms. The molecule has 1 amide bonds. The van der Waals surface area contributed by atoms with E-state index in [9.17, 15) is 14.7 Å². The van der Waals surface area contributed by atoms with Crippen LogP contribution in [-0.4, -0.2) is 63.4 Å². The maximum Gasteiger partial charge on any atom is 0.323 e. The van der Waals surface area contributed by atoms with Crippen LogP contribution in [0.5, 0.6) is 5.75 Å². The summed E-state index contributed by atoms with van der Waals surface area (Å²) in [5.41, 5.74) is 3.06. The van der Waals surface area contributed by atoms with Crippen LogP contribution in [0.3, 0.4) is 0 Å². The van der Waals surface area contributed by atoms with Gasteiger partial charge in [0.1, 0.15) is 31.5 Å². The number of anilines is 1. The Balaban J connectivity index is 1.69. The molecule has 3 aromatic carbocycles. The Kier molecular flexibility index (Phi) is 8.49. The number of carbonyl (C=O) groups excluding carboxylic acids is 1. The van der Waals surface area contributed by atoms with E-state index in [0.29, 0.717) is 6.54 Å². The molecule has 4 rings (SSSR count). The third-order valence-electron chi connectivity index (χ3n) is 6.00. The molecule has 190 valence electrons. The molecule has 0 atom stereocenters. The number of ether oxygens (including phenoxy) is 1. The Labute approximate surface area is 215 Å². The fourth-order valence-electron chi connectivity index (χ4n) is 4.24. The minimum Gasteiger partial charge on any atom is -0.497 e. The minimum atomic E-state index is -1.08. The van der Waals surface area contributed by atoms with Gasteiger partial charge in [-0.05, 0) is 35.4 Å². The van der Waals surface area contributed by atoms with Crippen LogP contribution in [0.1, 0.15) is 17.2 Å². The fraction of sp³-hybridized carbons (Fsp3) is 0.214. The number of rotatable bonds is 12. The summed E-state index contributed by atoms with van der Waals surface area (Å²) in [7, 11) is 1.62. The van der Waals surface area contributed by atoms with Crippen molar-refractivity contribution in [2.45, 2.75) is 12.6 Å². The molecule has 9 heteroatoms. The van der Waals surface area contributed by atoms with Gasteiger partial charge in [-0.15, -0.1) is 0 Å². The summed E-state index contributed by atoms with van der Waals surface area (Å²) in [6.07, 6.45) is 2.77. The summed E-state index contributed by atoms with van der Waals surface area (Å²) >= 11 is 0. The summed E-state index contributed by atoms with van der Waals surface area (Å²) < 4.78 is 6.74. The van der Waals surface area contributed by atoms with Crippen LogP contribution >= 0.6 is 0 Å². The number of hydrogen-bond donors (Lipinski definition) is 1. The third kappa shape index (κ3) is 6.72. The van der Waals surface area contributed by atoms with Crippen molar-refractivity contribution >= 4 is 17.6 Å². The molecule has 0 unspecified atom stereocenters. The number of benzene rings is 3. The average Bonchev–Trinajstić information content (AvgIpc) is 3.44. The van der Waals surface area contributed by atoms with Crippen molar-refractivity contribution < 1.29 is 19.4 Å². The van der Waals surface area contributed by atoms with Gasteiger partial charge in [0, 0.05) is 18.8 Å². The molecule has 0 saturated heterocycles. The van der Waals surface area contributed by atoms with Gasteiger partial charge in [0.2, 0.25) is 5.91 Å². The Morgan fingerprint density at radius 1 is 0.919 bits per heavy atom. The zero-order valence-electron chi connectivity index (χ0n) is 20.6. The third-order valence-corrected chi connectivity index (χ3v) is 6.00. The second-order valence-electron chi connectivity index (χ2n) is 8.42. The molecule has 0 aliphatic heterocycles. The van der Waals surface area contributed by atoms with Gasteiger partial charge < -0.3 is 19.6 Å². The van der Waals surface area contributed by atoms with Crippen LogP contribution in [0.25, 0.3) is 0 Å². The van der Waals surface area contributed by atoms with E-state index in [1.807, 2.05) is 60.7 Å². The number of amides is 1. The van der Waals surface area contributed by atoms with Gasteiger partial charge in [0.15, 0.2) is 0 Å². The number of carboxylic acids is 1. The lowest BCUT2D eigenvalue weighted by atomic mass is 9.96. The second-order valence-corrected chi connectivity index (χ2v) is 8.42. The van der Waals surface area contributed by atoms with Crippen molar-refractivity contribution in [3.8, 4) is 5.75 Å². The summed E-state index contributed by atoms with van der Waals surface area (Å²) in [4.78, 5) is 32.0. The highest BCUT2D eigenvalue weighted by Crippen LogP contribution is 2.33. The zero-order chi connectivity index (χ0) is 26.0. The molecule has 4 aromatic rings. The lowest BCUT2D eigenvalue weighted by molar-refractivity contribution is -0.144. The lowest BCUT2D eigenvalue weighted by Crippen LogP contribution is -2.44. The first-order valence-corrected chi connectivity index (χ1v) is 11.9. The first-order chi connectivity index (χ1) is 18.0. The van der Waals surface area contributed by atoms with Gasteiger partial charge in [-0.25, -0.2) is 9.67 Å². The van der Waals surface area contributed by atoms with E-state index >= 15 is 0 Å². The molecule has 0 aliphatic carbocycles. The summed E-state index contributed by atoms with van der Waals surface area (Å²) in [5, 5.41) is 13.5. The normalized spacial score (nSPS) is 10.8. The van der Waals surface area contributed by atoms with Crippen molar-refractivity contribution in [1.82, 2.24) is 19.7 Å². The van der Waals surface area contributed by atoms with E-state index in [1.54, 1.807) is 7.11 Å². The highest BCUT2D eigenvalue weighted by Gasteiger charge is 2.25. The van der Waals surface area contributed by atoms with E-state index in [1.165, 1.54) is 22.2 Å². The number of nitrogens with zero attached hydrogens (tertiary/aromatic N) is 5. The minimum absolute atomic E-state index is 0.0867. The standard InChI is InChI=1S/C28H29N5O4/c1-37-25-14-12-24(13-15-25)33(28(22-8-4-2-5-9-22)23-10-6-3-7-11-23)17-16-31(19-27(35)36)26(34)18-32-21-29-20-30-32/h2-15,20-21,28H,16-19H2,1H3,(H,35,36). The van der Waals surface area contributed by atoms with E-state index < -0.39 is 12.5 Å². The highest BCUT2D eigenvalue weighted by atomic mass is 16.5. The molecular weight excluding hydrogens is 470 g/mol. The van der Waals surface area contributed by atoms with E-state index in [0.717, 1.165) is 22.6 Å². The van der Waals surface area contributed by atoms with Crippen LogP contribution in [-0.2, 0) is 16.1 Å². The highest BCUT2D eigenvalue weighted by molar-refractivity contribution is 5.81. The maximum absolute atomic E-state index is 13.0. The molecule has 0 aliphatic rings. The largest absolute Gasteiger partial charge is 0.497 e. The smallest absolute Gasteiger partial charge is 0.323 e. The molecule has 0 fully saturated rings. The van der Waals surface area contributed by atoms with Crippen molar-refractivity contribution in [3.05, 3.63) is 109 Å². The molecule has 1 aromatic heterocycles. The molecule has 1 heterocycles. The number of aromatic nitrogens is 3. The zero-order valence-corrected chi connectivity index (χ0v) is 20.6. The van der Waals surface area contributed by atoms with Crippen LogP contribution in [0.2, 0.25) is 0 Å². The molecule has 0 saturated carbocycles. The predicted molar refractivity (Wildman–Crippen MR) is 139 cm³/mol. The Morgan fingerprint density at radius 3 is 2.05 bits per heavy atom. The SMILES string of the molecule is COc1ccc(N(CCN(CC(=O)O)C(=O)Cn2cncn2)C(c2ccccc2)c2ccccc2)cc1. The van der Waals surface area contributed by atoms with E-state index in [-0.39, 0.29) is 25.0 Å². The number of carboxylic acid groups (broad SMARTS) is 1. The second kappa shape index (κ2) is 12.3. The topological polar surface area (TPSA) is 101 Å². The van der Waals surface area contributed by atoms with Gasteiger partial charge in [-0.1, -0.05) is 60.7 Å². The van der Waals surface area contributed by atoms with Crippen LogP contribution in [0.15, 0.2) is 97.6 Å². The van der Waals surface area contributed by atoms with Crippen molar-refractivity contribution in [1.29, 1.82) is 0 Å². The lowest BCUT2D eigenvalue weighted by Gasteiger charge is -2.36. The van der Waals surface area contributed by atoms with Gasteiger partial charge >= 0.3 is 5.97 Å². The van der Waals surface area contributed by atoms with Gasteiger partial charge in [0.25, 0.3) is 0 Å². The van der Waals surface area contributed by atoms with Crippen LogP contribution in [0, 0.1) is 0 Å². The molecule has 0 spiro atoms. The fourth-order valence-corrected chi connectivity index (χ4v) is 4.24. The van der Waals surface area contributed by atoms with Crippen molar-refractivity contribution in [3.63, 3.8) is 0 Å². The Morgan fingerprint density at radius 2 is 1.54 bits per heavy atom. The summed E-state index contributed by atoms with van der Waals surface area (Å²) in [5.74, 6) is -0.695.